The van der Waals surface area contributed by atoms with Gasteiger partial charge in [-0.1, -0.05) is 32.6 Å². The van der Waals surface area contributed by atoms with Crippen LogP contribution in [0.2, 0.25) is 0 Å². The molecule has 3 rings (SSSR count). The SMILES string of the molecule is C=C(/C=C\C=C(/C)C(=N)N1CCCC1=N)NC(=O)c1cc2c(cc1OC)CCN(C(=O)NCC(C)(C)O)C2.CC. The van der Waals surface area contributed by atoms with E-state index in [2.05, 4.69) is 17.2 Å². The number of amides is 3. The second kappa shape index (κ2) is 14.5. The first-order valence-electron chi connectivity index (χ1n) is 13.6. The van der Waals surface area contributed by atoms with E-state index in [0.29, 0.717) is 66.7 Å². The minimum atomic E-state index is -1.01. The van der Waals surface area contributed by atoms with Crippen molar-refractivity contribution in [3.63, 3.8) is 0 Å². The van der Waals surface area contributed by atoms with Crippen molar-refractivity contribution in [3.05, 3.63) is 64.9 Å². The van der Waals surface area contributed by atoms with Crippen LogP contribution >= 0.6 is 0 Å². The van der Waals surface area contributed by atoms with Crippen molar-refractivity contribution in [3.8, 4) is 5.75 Å². The number of rotatable bonds is 8. The van der Waals surface area contributed by atoms with E-state index in [1.54, 1.807) is 47.9 Å². The van der Waals surface area contributed by atoms with E-state index in [0.717, 1.165) is 17.5 Å². The summed E-state index contributed by atoms with van der Waals surface area (Å²) >= 11 is 0. The Morgan fingerprint density at radius 2 is 1.90 bits per heavy atom. The fourth-order valence-corrected chi connectivity index (χ4v) is 4.29. The number of fused-ring (bicyclic) bond motifs is 1. The molecule has 1 aromatic rings. The summed E-state index contributed by atoms with van der Waals surface area (Å²) < 4.78 is 5.48. The number of nitrogens with one attached hydrogen (secondary N) is 4. The van der Waals surface area contributed by atoms with E-state index in [1.165, 1.54) is 7.11 Å². The van der Waals surface area contributed by atoms with Crippen LogP contribution in [0.5, 0.6) is 5.75 Å². The smallest absolute Gasteiger partial charge is 0.317 e. The zero-order valence-electron chi connectivity index (χ0n) is 24.6. The summed E-state index contributed by atoms with van der Waals surface area (Å²) in [5, 5.41) is 31.6. The number of urea groups is 1. The third-order valence-corrected chi connectivity index (χ3v) is 6.42. The summed E-state index contributed by atoms with van der Waals surface area (Å²) in [5.41, 5.74) is 2.27. The molecule has 40 heavy (non-hydrogen) atoms. The van der Waals surface area contributed by atoms with E-state index >= 15 is 0 Å². The maximum absolute atomic E-state index is 13.1. The summed E-state index contributed by atoms with van der Waals surface area (Å²) in [6, 6.07) is 3.31. The molecule has 1 fully saturated rings. The fraction of sp³-hybridized carbons (Fsp3) is 0.467. The maximum atomic E-state index is 13.1. The maximum Gasteiger partial charge on any atom is 0.317 e. The Morgan fingerprint density at radius 1 is 1.20 bits per heavy atom. The third kappa shape index (κ3) is 8.81. The Bertz CT molecular complexity index is 1200. The van der Waals surface area contributed by atoms with Crippen molar-refractivity contribution < 1.29 is 19.4 Å². The first kappa shape index (κ1) is 32.3. The topological polar surface area (TPSA) is 142 Å². The van der Waals surface area contributed by atoms with Crippen LogP contribution in [-0.2, 0) is 13.0 Å². The van der Waals surface area contributed by atoms with Crippen molar-refractivity contribution >= 4 is 23.6 Å². The Labute approximate surface area is 237 Å². The Hall–Kier alpha value is -3.92. The molecular weight excluding hydrogens is 508 g/mol. The molecule has 1 aromatic carbocycles. The lowest BCUT2D eigenvalue weighted by atomic mass is 9.96. The first-order chi connectivity index (χ1) is 18.9. The number of amidine groups is 2. The molecule has 2 aliphatic rings. The molecule has 0 atom stereocenters. The molecule has 10 nitrogen and oxygen atoms in total. The van der Waals surface area contributed by atoms with Crippen molar-refractivity contribution in [2.75, 3.05) is 26.7 Å². The van der Waals surface area contributed by atoms with Gasteiger partial charge in [-0.05, 0) is 68.5 Å². The van der Waals surface area contributed by atoms with Crippen molar-refractivity contribution in [1.29, 1.82) is 10.8 Å². The number of ether oxygens (including phenoxy) is 1. The number of carbonyl (C=O) groups is 2. The molecule has 0 spiro atoms. The molecule has 0 bridgehead atoms. The van der Waals surface area contributed by atoms with Gasteiger partial charge in [0.1, 0.15) is 17.4 Å². The number of nitrogens with zero attached hydrogens (tertiary/aromatic N) is 2. The van der Waals surface area contributed by atoms with E-state index in [4.69, 9.17) is 15.6 Å². The van der Waals surface area contributed by atoms with Gasteiger partial charge in [0.15, 0.2) is 0 Å². The molecule has 218 valence electrons. The largest absolute Gasteiger partial charge is 0.496 e. The van der Waals surface area contributed by atoms with Crippen LogP contribution in [0.25, 0.3) is 0 Å². The average Bonchev–Trinajstić information content (AvgIpc) is 3.36. The van der Waals surface area contributed by atoms with Gasteiger partial charge in [-0.25, -0.2) is 4.79 Å². The summed E-state index contributed by atoms with van der Waals surface area (Å²) in [4.78, 5) is 29.0. The second-order valence-electron chi connectivity index (χ2n) is 10.2. The minimum Gasteiger partial charge on any atom is -0.496 e. The molecular formula is C30H44N6O4. The monoisotopic (exact) mass is 552 g/mol. The van der Waals surface area contributed by atoms with Crippen molar-refractivity contribution in [2.24, 2.45) is 0 Å². The molecule has 1 saturated heterocycles. The van der Waals surface area contributed by atoms with Gasteiger partial charge in [0.2, 0.25) is 0 Å². The third-order valence-electron chi connectivity index (χ3n) is 6.42. The fourth-order valence-electron chi connectivity index (χ4n) is 4.29. The zero-order valence-corrected chi connectivity index (χ0v) is 24.6. The number of aliphatic hydroxyl groups is 1. The van der Waals surface area contributed by atoms with Crippen LogP contribution in [0, 0.1) is 10.8 Å². The second-order valence-corrected chi connectivity index (χ2v) is 10.2. The van der Waals surface area contributed by atoms with Gasteiger partial charge in [0.05, 0.1) is 18.3 Å². The van der Waals surface area contributed by atoms with Gasteiger partial charge < -0.3 is 30.3 Å². The minimum absolute atomic E-state index is 0.138. The molecule has 0 unspecified atom stereocenters. The molecule has 3 amide bonds. The Morgan fingerprint density at radius 3 is 2.50 bits per heavy atom. The van der Waals surface area contributed by atoms with Crippen LogP contribution in [0.3, 0.4) is 0 Å². The van der Waals surface area contributed by atoms with Crippen LogP contribution in [0.4, 0.5) is 4.79 Å². The molecule has 0 saturated carbocycles. The van der Waals surface area contributed by atoms with Gasteiger partial charge in [-0.15, -0.1) is 0 Å². The Kier molecular flexibility index (Phi) is 11.7. The van der Waals surface area contributed by atoms with Gasteiger partial charge in [-0.2, -0.15) is 0 Å². The highest BCUT2D eigenvalue weighted by Crippen LogP contribution is 2.28. The molecule has 2 heterocycles. The van der Waals surface area contributed by atoms with Crippen LogP contribution in [0.15, 0.2) is 48.2 Å². The zero-order chi connectivity index (χ0) is 30.0. The number of carbonyl (C=O) groups excluding carboxylic acids is 2. The molecule has 10 heteroatoms. The van der Waals surface area contributed by atoms with Crippen molar-refractivity contribution in [2.45, 2.75) is 66.0 Å². The normalized spacial score (nSPS) is 15.3. The molecule has 2 aliphatic heterocycles. The number of likely N-dealkylation sites (tertiary alicyclic amines) is 1. The lowest BCUT2D eigenvalue weighted by Crippen LogP contribution is -2.47. The molecule has 0 aliphatic carbocycles. The van der Waals surface area contributed by atoms with E-state index in [1.807, 2.05) is 26.8 Å². The number of methoxy groups -OCH3 is 1. The van der Waals surface area contributed by atoms with Crippen molar-refractivity contribution in [1.82, 2.24) is 20.4 Å². The van der Waals surface area contributed by atoms with Crippen LogP contribution in [0.1, 0.15) is 68.9 Å². The number of allylic oxidation sites excluding steroid dienone is 3. The molecule has 0 radical (unpaired) electrons. The lowest BCUT2D eigenvalue weighted by molar-refractivity contribution is 0.0792. The summed E-state index contributed by atoms with van der Waals surface area (Å²) in [6.07, 6.45) is 7.29. The first-order valence-corrected chi connectivity index (χ1v) is 13.6. The standard InChI is InChI=1S/C28H38N6O4.C2H6/c1-18(25(30)34-12-7-10-24(34)29)8-6-9-19(2)32-26(35)22-14-21-16-33(27(36)31-17-28(3,4)37)13-11-20(21)15-23(22)38-5;1-2/h6,8-9,14-15,29-30,37H,2,7,10-13,16-17H2,1,3-5H3,(H,31,36)(H,32,35);1-2H3/b9-6-,18-8+,29-24?,30-25?;. The van der Waals surface area contributed by atoms with Crippen LogP contribution < -0.4 is 15.4 Å². The van der Waals surface area contributed by atoms with E-state index in [9.17, 15) is 14.7 Å². The number of hydrogen-bond acceptors (Lipinski definition) is 6. The summed E-state index contributed by atoms with van der Waals surface area (Å²) in [7, 11) is 1.51. The molecule has 0 aromatic heterocycles. The van der Waals surface area contributed by atoms with Crippen LogP contribution in [-0.4, -0.2) is 70.9 Å². The highest BCUT2D eigenvalue weighted by atomic mass is 16.5. The number of hydrogen-bond donors (Lipinski definition) is 5. The highest BCUT2D eigenvalue weighted by molar-refractivity contribution is 6.07. The number of benzene rings is 1. The van der Waals surface area contributed by atoms with Gasteiger partial charge in [-0.3, -0.25) is 15.6 Å². The average molecular weight is 553 g/mol. The summed E-state index contributed by atoms with van der Waals surface area (Å²) in [5.74, 6) is 0.811. The van der Waals surface area contributed by atoms with E-state index < -0.39 is 5.60 Å². The summed E-state index contributed by atoms with van der Waals surface area (Å²) in [6.45, 7) is 14.6. The Balaban J connectivity index is 0.00000274. The quantitative estimate of drug-likeness (QED) is 0.185. The van der Waals surface area contributed by atoms with Gasteiger partial charge in [0, 0.05) is 38.3 Å². The van der Waals surface area contributed by atoms with Gasteiger partial charge in [0.25, 0.3) is 5.91 Å². The van der Waals surface area contributed by atoms with E-state index in [-0.39, 0.29) is 18.5 Å². The highest BCUT2D eigenvalue weighted by Gasteiger charge is 2.25. The predicted octanol–water partition coefficient (Wildman–Crippen LogP) is 4.36. The predicted molar refractivity (Wildman–Crippen MR) is 159 cm³/mol. The van der Waals surface area contributed by atoms with Gasteiger partial charge >= 0.3 is 6.03 Å². The lowest BCUT2D eigenvalue weighted by Gasteiger charge is -2.30. The molecule has 5 N–H and O–H groups in total.